The van der Waals surface area contributed by atoms with Gasteiger partial charge in [-0.1, -0.05) is 23.7 Å². The average molecular weight is 339 g/mol. The number of benzene rings is 1. The average Bonchev–Trinajstić information content (AvgIpc) is 2.37. The molecular formula is C18H27ClN2O2. The highest BCUT2D eigenvalue weighted by Crippen LogP contribution is 2.31. The van der Waals surface area contributed by atoms with Gasteiger partial charge in [0.1, 0.15) is 5.60 Å². The van der Waals surface area contributed by atoms with Crippen molar-refractivity contribution < 1.29 is 9.53 Å². The van der Waals surface area contributed by atoms with Crippen LogP contribution in [-0.2, 0) is 11.3 Å². The van der Waals surface area contributed by atoms with Gasteiger partial charge in [0.25, 0.3) is 0 Å². The predicted molar refractivity (Wildman–Crippen MR) is 93.8 cm³/mol. The van der Waals surface area contributed by atoms with Crippen molar-refractivity contribution in [1.29, 1.82) is 0 Å². The fourth-order valence-electron chi connectivity index (χ4n) is 2.66. The van der Waals surface area contributed by atoms with Gasteiger partial charge in [-0.2, -0.15) is 0 Å². The Morgan fingerprint density at radius 1 is 1.35 bits per heavy atom. The van der Waals surface area contributed by atoms with Crippen LogP contribution in [-0.4, -0.2) is 23.8 Å². The van der Waals surface area contributed by atoms with Crippen LogP contribution in [0.5, 0.6) is 0 Å². The molecule has 128 valence electrons. The highest BCUT2D eigenvalue weighted by atomic mass is 35.5. The number of carbonyl (C=O) groups is 1. The van der Waals surface area contributed by atoms with Crippen molar-refractivity contribution in [3.05, 3.63) is 34.3 Å². The van der Waals surface area contributed by atoms with E-state index in [0.29, 0.717) is 0 Å². The van der Waals surface area contributed by atoms with Crippen molar-refractivity contribution in [2.75, 3.05) is 6.54 Å². The summed E-state index contributed by atoms with van der Waals surface area (Å²) < 4.78 is 5.37. The summed E-state index contributed by atoms with van der Waals surface area (Å²) >= 11 is 6.15. The molecule has 4 nitrogen and oxygen atoms in total. The van der Waals surface area contributed by atoms with E-state index in [1.807, 2.05) is 39.8 Å². The molecule has 0 heterocycles. The lowest BCUT2D eigenvalue weighted by Crippen LogP contribution is -2.59. The molecule has 5 heteroatoms. The molecule has 0 saturated heterocycles. The number of carbonyl (C=O) groups excluding carboxylic acids is 1. The molecule has 0 atom stereocenters. The minimum atomic E-state index is -0.471. The van der Waals surface area contributed by atoms with E-state index in [9.17, 15) is 4.79 Å². The van der Waals surface area contributed by atoms with Crippen LogP contribution in [0.1, 0.15) is 51.2 Å². The van der Waals surface area contributed by atoms with E-state index >= 15 is 0 Å². The van der Waals surface area contributed by atoms with Crippen molar-refractivity contribution in [3.8, 4) is 0 Å². The van der Waals surface area contributed by atoms with Crippen LogP contribution in [0.4, 0.5) is 4.79 Å². The van der Waals surface area contributed by atoms with Gasteiger partial charge in [0, 0.05) is 18.1 Å². The first-order valence-corrected chi connectivity index (χ1v) is 8.54. The summed E-state index contributed by atoms with van der Waals surface area (Å²) in [5, 5.41) is 7.26. The van der Waals surface area contributed by atoms with Crippen LogP contribution in [0.2, 0.25) is 5.02 Å². The van der Waals surface area contributed by atoms with Gasteiger partial charge >= 0.3 is 6.09 Å². The molecule has 1 saturated carbocycles. The zero-order chi connectivity index (χ0) is 17.1. The van der Waals surface area contributed by atoms with Crippen LogP contribution in [0, 0.1) is 6.92 Å². The number of alkyl carbamates (subject to hydrolysis) is 1. The van der Waals surface area contributed by atoms with E-state index in [-0.39, 0.29) is 11.6 Å². The summed E-state index contributed by atoms with van der Waals surface area (Å²) in [4.78, 5) is 12.0. The number of aryl methyl sites for hydroxylation is 1. The van der Waals surface area contributed by atoms with E-state index in [1.54, 1.807) is 0 Å². The van der Waals surface area contributed by atoms with Gasteiger partial charge in [-0.3, -0.25) is 0 Å². The van der Waals surface area contributed by atoms with Crippen LogP contribution in [0.15, 0.2) is 18.2 Å². The summed E-state index contributed by atoms with van der Waals surface area (Å²) in [6, 6.07) is 6.08. The highest BCUT2D eigenvalue weighted by Gasteiger charge is 2.39. The first kappa shape index (κ1) is 18.1. The zero-order valence-electron chi connectivity index (χ0n) is 14.5. The molecule has 0 aliphatic heterocycles. The minimum absolute atomic E-state index is 0.184. The van der Waals surface area contributed by atoms with Crippen molar-refractivity contribution in [1.82, 2.24) is 10.6 Å². The van der Waals surface area contributed by atoms with Gasteiger partial charge < -0.3 is 15.4 Å². The van der Waals surface area contributed by atoms with Gasteiger partial charge in [-0.05, 0) is 64.2 Å². The lowest BCUT2D eigenvalue weighted by atomic mass is 9.76. The fraction of sp³-hybridized carbons (Fsp3) is 0.611. The molecule has 23 heavy (non-hydrogen) atoms. The third-order valence-electron chi connectivity index (χ3n) is 4.11. The number of hydrogen-bond acceptors (Lipinski definition) is 3. The maximum Gasteiger partial charge on any atom is 0.408 e. The summed E-state index contributed by atoms with van der Waals surface area (Å²) in [5.74, 6) is 0. The van der Waals surface area contributed by atoms with Gasteiger partial charge in [0.05, 0.1) is 5.54 Å². The summed E-state index contributed by atoms with van der Waals surface area (Å²) in [5.41, 5.74) is 1.57. The molecule has 0 bridgehead atoms. The Labute approximate surface area is 143 Å². The van der Waals surface area contributed by atoms with E-state index in [2.05, 4.69) is 16.7 Å². The third-order valence-corrected chi connectivity index (χ3v) is 4.51. The molecule has 1 aliphatic rings. The van der Waals surface area contributed by atoms with Gasteiger partial charge in [0.2, 0.25) is 0 Å². The Kier molecular flexibility index (Phi) is 5.58. The maximum absolute atomic E-state index is 12.0. The number of ether oxygens (including phenoxy) is 1. The molecule has 2 N–H and O–H groups in total. The summed E-state index contributed by atoms with van der Waals surface area (Å²) in [6.45, 7) is 9.08. The number of halogens is 1. The molecule has 1 amide bonds. The number of nitrogens with one attached hydrogen (secondary N) is 2. The molecule has 1 aliphatic carbocycles. The van der Waals surface area contributed by atoms with Gasteiger partial charge in [0.15, 0.2) is 0 Å². The number of hydrogen-bond donors (Lipinski definition) is 2. The van der Waals surface area contributed by atoms with Crippen molar-refractivity contribution in [2.24, 2.45) is 0 Å². The molecule has 0 radical (unpaired) electrons. The van der Waals surface area contributed by atoms with E-state index in [4.69, 9.17) is 16.3 Å². The Bertz CT molecular complexity index is 563. The Hall–Kier alpha value is -1.26. The van der Waals surface area contributed by atoms with Crippen LogP contribution in [0.25, 0.3) is 0 Å². The summed E-state index contributed by atoms with van der Waals surface area (Å²) in [7, 11) is 0. The second kappa shape index (κ2) is 7.10. The second-order valence-corrected chi connectivity index (χ2v) is 7.86. The monoisotopic (exact) mass is 338 g/mol. The van der Waals surface area contributed by atoms with E-state index in [0.717, 1.165) is 48.5 Å². The first-order valence-electron chi connectivity index (χ1n) is 8.16. The molecule has 1 fully saturated rings. The molecule has 0 spiro atoms. The SMILES string of the molecule is Cc1ccc(CNCC2(NC(=O)OC(C)(C)C)CCC2)cc1Cl. The highest BCUT2D eigenvalue weighted by molar-refractivity contribution is 6.31. The largest absolute Gasteiger partial charge is 0.444 e. The molecular weight excluding hydrogens is 312 g/mol. The molecule has 2 rings (SSSR count). The normalized spacial score (nSPS) is 16.6. The van der Waals surface area contributed by atoms with Crippen molar-refractivity contribution in [3.63, 3.8) is 0 Å². The van der Waals surface area contributed by atoms with Gasteiger partial charge in [-0.15, -0.1) is 0 Å². The Morgan fingerprint density at radius 2 is 2.04 bits per heavy atom. The summed E-state index contributed by atoms with van der Waals surface area (Å²) in [6.07, 6.45) is 2.76. The quantitative estimate of drug-likeness (QED) is 0.846. The second-order valence-electron chi connectivity index (χ2n) is 7.45. The topological polar surface area (TPSA) is 50.4 Å². The lowest BCUT2D eigenvalue weighted by Gasteiger charge is -2.42. The minimum Gasteiger partial charge on any atom is -0.444 e. The molecule has 0 aromatic heterocycles. The standard InChI is InChI=1S/C18H27ClN2O2/c1-13-6-7-14(10-15(13)19)11-20-12-18(8-5-9-18)21-16(22)23-17(2,3)4/h6-7,10,20H,5,8-9,11-12H2,1-4H3,(H,21,22). The molecule has 0 unspecified atom stereocenters. The number of amides is 1. The van der Waals surface area contributed by atoms with E-state index in [1.165, 1.54) is 0 Å². The molecule has 1 aromatic carbocycles. The molecule has 1 aromatic rings. The third kappa shape index (κ3) is 5.40. The number of rotatable bonds is 5. The zero-order valence-corrected chi connectivity index (χ0v) is 15.2. The first-order chi connectivity index (χ1) is 10.7. The van der Waals surface area contributed by atoms with E-state index < -0.39 is 5.60 Å². The maximum atomic E-state index is 12.0. The smallest absolute Gasteiger partial charge is 0.408 e. The van der Waals surface area contributed by atoms with Crippen LogP contribution < -0.4 is 10.6 Å². The Morgan fingerprint density at radius 3 is 2.57 bits per heavy atom. The predicted octanol–water partition coefficient (Wildman–Crippen LogP) is 4.19. The van der Waals surface area contributed by atoms with Gasteiger partial charge in [-0.25, -0.2) is 4.79 Å². The van der Waals surface area contributed by atoms with Crippen LogP contribution >= 0.6 is 11.6 Å². The fourth-order valence-corrected chi connectivity index (χ4v) is 2.87. The van der Waals surface area contributed by atoms with Crippen molar-refractivity contribution in [2.45, 2.75) is 64.6 Å². The Balaban J connectivity index is 1.84. The van der Waals surface area contributed by atoms with Crippen LogP contribution in [0.3, 0.4) is 0 Å². The lowest BCUT2D eigenvalue weighted by molar-refractivity contribution is 0.0382. The van der Waals surface area contributed by atoms with Crippen molar-refractivity contribution >= 4 is 17.7 Å².